The first-order valence-electron chi connectivity index (χ1n) is 5.85. The normalized spacial score (nSPS) is 30.8. The lowest BCUT2D eigenvalue weighted by atomic mass is 9.84. The van der Waals surface area contributed by atoms with E-state index in [1.807, 2.05) is 0 Å². The second-order valence-corrected chi connectivity index (χ2v) is 4.86. The Kier molecular flexibility index (Phi) is 2.36. The molecule has 4 nitrogen and oxygen atoms in total. The summed E-state index contributed by atoms with van der Waals surface area (Å²) in [5.74, 6) is -0.417. The summed E-state index contributed by atoms with van der Waals surface area (Å²) < 4.78 is 13.5. The zero-order valence-electron chi connectivity index (χ0n) is 9.23. The van der Waals surface area contributed by atoms with Crippen LogP contribution in [0.5, 0.6) is 0 Å². The maximum absolute atomic E-state index is 13.5. The Balaban J connectivity index is 1.89. The number of rotatable bonds is 2. The molecule has 3 rings (SSSR count). The smallest absolute Gasteiger partial charge is 0.304 e. The van der Waals surface area contributed by atoms with Crippen molar-refractivity contribution in [3.63, 3.8) is 0 Å². The van der Waals surface area contributed by atoms with Crippen LogP contribution >= 0.6 is 0 Å². The molecule has 2 bridgehead atoms. The molecule has 3 unspecified atom stereocenters. The van der Waals surface area contributed by atoms with Gasteiger partial charge in [-0.1, -0.05) is 6.07 Å². The van der Waals surface area contributed by atoms with Gasteiger partial charge in [-0.3, -0.25) is 10.1 Å². The average molecular weight is 236 g/mol. The lowest BCUT2D eigenvalue weighted by Crippen LogP contribution is -2.21. The van der Waals surface area contributed by atoms with Gasteiger partial charge in [0.25, 0.3) is 0 Å². The largest absolute Gasteiger partial charge is 0.311 e. The van der Waals surface area contributed by atoms with Crippen LogP contribution in [0.3, 0.4) is 0 Å². The molecule has 90 valence electrons. The third kappa shape index (κ3) is 1.70. The molecule has 2 aliphatic rings. The molecule has 1 N–H and O–H groups in total. The molecule has 1 aromatic rings. The Bertz CT molecular complexity index is 478. The molecule has 0 aliphatic carbocycles. The van der Waals surface area contributed by atoms with Crippen molar-refractivity contribution >= 4 is 5.69 Å². The highest BCUT2D eigenvalue weighted by atomic mass is 19.1. The fourth-order valence-corrected chi connectivity index (χ4v) is 3.09. The number of halogens is 1. The lowest BCUT2D eigenvalue weighted by molar-refractivity contribution is -0.387. The second-order valence-electron chi connectivity index (χ2n) is 4.86. The van der Waals surface area contributed by atoms with E-state index in [1.54, 1.807) is 6.07 Å². The molecule has 0 spiro atoms. The van der Waals surface area contributed by atoms with Gasteiger partial charge in [-0.25, -0.2) is 0 Å². The van der Waals surface area contributed by atoms with Crippen molar-refractivity contribution in [2.75, 3.05) is 0 Å². The standard InChI is InChI=1S/C12H13FN2O2/c13-10-5-7(1-4-12(10)15(16)17)9-6-8-2-3-11(9)14-8/h1,4-5,8-9,11,14H,2-3,6H2. The molecule has 3 atom stereocenters. The van der Waals surface area contributed by atoms with Crippen molar-refractivity contribution in [3.05, 3.63) is 39.7 Å². The van der Waals surface area contributed by atoms with Crippen LogP contribution in [-0.4, -0.2) is 17.0 Å². The average Bonchev–Trinajstić information content (AvgIpc) is 2.89. The summed E-state index contributed by atoms with van der Waals surface area (Å²) >= 11 is 0. The monoisotopic (exact) mass is 236 g/mol. The summed E-state index contributed by atoms with van der Waals surface area (Å²) in [6, 6.07) is 5.25. The summed E-state index contributed by atoms with van der Waals surface area (Å²) in [5.41, 5.74) is 0.442. The van der Waals surface area contributed by atoms with Crippen molar-refractivity contribution in [2.24, 2.45) is 0 Å². The summed E-state index contributed by atoms with van der Waals surface area (Å²) in [4.78, 5) is 9.85. The minimum Gasteiger partial charge on any atom is -0.311 e. The van der Waals surface area contributed by atoms with Crippen LogP contribution in [0.25, 0.3) is 0 Å². The molecule has 0 radical (unpaired) electrons. The molecule has 2 saturated heterocycles. The van der Waals surface area contributed by atoms with Crippen LogP contribution in [0.1, 0.15) is 30.7 Å². The number of benzene rings is 1. The molecule has 2 fully saturated rings. The van der Waals surface area contributed by atoms with E-state index < -0.39 is 16.4 Å². The fraction of sp³-hybridized carbons (Fsp3) is 0.500. The Morgan fingerprint density at radius 3 is 2.76 bits per heavy atom. The predicted molar refractivity (Wildman–Crippen MR) is 60.4 cm³/mol. The maximum atomic E-state index is 13.5. The van der Waals surface area contributed by atoms with Crippen LogP contribution in [-0.2, 0) is 0 Å². The van der Waals surface area contributed by atoms with Crippen LogP contribution in [0.4, 0.5) is 10.1 Å². The number of hydrogen-bond donors (Lipinski definition) is 1. The van der Waals surface area contributed by atoms with E-state index in [4.69, 9.17) is 0 Å². The Morgan fingerprint density at radius 2 is 2.24 bits per heavy atom. The van der Waals surface area contributed by atoms with Crippen molar-refractivity contribution in [1.29, 1.82) is 0 Å². The zero-order valence-corrected chi connectivity index (χ0v) is 9.23. The highest BCUT2D eigenvalue weighted by Gasteiger charge is 2.40. The van der Waals surface area contributed by atoms with E-state index in [1.165, 1.54) is 18.6 Å². The van der Waals surface area contributed by atoms with Crippen LogP contribution in [0.2, 0.25) is 0 Å². The van der Waals surface area contributed by atoms with Gasteiger partial charge in [0, 0.05) is 24.1 Å². The van der Waals surface area contributed by atoms with Gasteiger partial charge in [-0.05, 0) is 30.9 Å². The van der Waals surface area contributed by atoms with Gasteiger partial charge < -0.3 is 5.32 Å². The Morgan fingerprint density at radius 1 is 1.41 bits per heavy atom. The first kappa shape index (κ1) is 10.7. The van der Waals surface area contributed by atoms with E-state index in [-0.39, 0.29) is 0 Å². The van der Waals surface area contributed by atoms with Crippen LogP contribution in [0, 0.1) is 15.9 Å². The van der Waals surface area contributed by atoms with Crippen LogP contribution < -0.4 is 5.32 Å². The number of fused-ring (bicyclic) bond motifs is 2. The SMILES string of the molecule is O=[N+]([O-])c1ccc(C2CC3CCC2N3)cc1F. The van der Waals surface area contributed by atoms with Gasteiger partial charge in [0.15, 0.2) is 0 Å². The van der Waals surface area contributed by atoms with Crippen molar-refractivity contribution in [1.82, 2.24) is 5.32 Å². The lowest BCUT2D eigenvalue weighted by Gasteiger charge is -2.20. The van der Waals surface area contributed by atoms with E-state index in [0.29, 0.717) is 18.0 Å². The Hall–Kier alpha value is -1.49. The molecule has 0 aromatic heterocycles. The number of nitro groups is 1. The first-order chi connectivity index (χ1) is 8.15. The van der Waals surface area contributed by atoms with E-state index in [0.717, 1.165) is 18.4 Å². The molecule has 2 aliphatic heterocycles. The molecule has 2 heterocycles. The fourth-order valence-electron chi connectivity index (χ4n) is 3.09. The van der Waals surface area contributed by atoms with E-state index >= 15 is 0 Å². The highest BCUT2D eigenvalue weighted by molar-refractivity contribution is 5.37. The van der Waals surface area contributed by atoms with Crippen molar-refractivity contribution < 1.29 is 9.31 Å². The molecule has 0 saturated carbocycles. The van der Waals surface area contributed by atoms with Gasteiger partial charge in [-0.15, -0.1) is 0 Å². The zero-order chi connectivity index (χ0) is 12.0. The minimum atomic E-state index is -0.727. The summed E-state index contributed by atoms with van der Waals surface area (Å²) in [6.45, 7) is 0. The molecule has 17 heavy (non-hydrogen) atoms. The van der Waals surface area contributed by atoms with Crippen molar-refractivity contribution in [3.8, 4) is 0 Å². The van der Waals surface area contributed by atoms with E-state index in [2.05, 4.69) is 5.32 Å². The number of hydrogen-bond acceptors (Lipinski definition) is 3. The third-order valence-electron chi connectivity index (χ3n) is 3.90. The maximum Gasteiger partial charge on any atom is 0.304 e. The number of nitrogens with one attached hydrogen (secondary N) is 1. The first-order valence-corrected chi connectivity index (χ1v) is 5.85. The van der Waals surface area contributed by atoms with Gasteiger partial charge in [0.1, 0.15) is 0 Å². The topological polar surface area (TPSA) is 55.2 Å². The number of nitrogens with zero attached hydrogens (tertiary/aromatic N) is 1. The second kappa shape index (κ2) is 3.77. The third-order valence-corrected chi connectivity index (χ3v) is 3.90. The van der Waals surface area contributed by atoms with Gasteiger partial charge in [0.05, 0.1) is 4.92 Å². The summed E-state index contributed by atoms with van der Waals surface area (Å²) in [5, 5.41) is 14.0. The predicted octanol–water partition coefficient (Wildman–Crippen LogP) is 2.34. The number of nitro benzene ring substituents is 1. The molecule has 0 amide bonds. The van der Waals surface area contributed by atoms with Crippen molar-refractivity contribution in [2.45, 2.75) is 37.3 Å². The summed E-state index contributed by atoms with van der Waals surface area (Å²) in [6.07, 6.45) is 3.33. The quantitative estimate of drug-likeness (QED) is 0.633. The van der Waals surface area contributed by atoms with Gasteiger partial charge >= 0.3 is 5.69 Å². The van der Waals surface area contributed by atoms with Gasteiger partial charge in [0.2, 0.25) is 5.82 Å². The Labute approximate surface area is 98.0 Å². The molecular formula is C12H13FN2O2. The molecule has 1 aromatic carbocycles. The van der Waals surface area contributed by atoms with Gasteiger partial charge in [-0.2, -0.15) is 4.39 Å². The molecular weight excluding hydrogens is 223 g/mol. The van der Waals surface area contributed by atoms with E-state index in [9.17, 15) is 14.5 Å². The summed E-state index contributed by atoms with van der Waals surface area (Å²) in [7, 11) is 0. The molecule has 5 heteroatoms. The van der Waals surface area contributed by atoms with Crippen LogP contribution in [0.15, 0.2) is 18.2 Å². The highest BCUT2D eigenvalue weighted by Crippen LogP contribution is 2.40. The minimum absolute atomic E-state index is 0.309.